The number of hydrogen-bond donors (Lipinski definition) is 0. The molecule has 0 aromatic carbocycles. The molecule has 0 rings (SSSR count). The normalized spacial score (nSPS) is 12.8. The number of allylic oxidation sites excluding steroid dienone is 14. The molecule has 0 saturated carbocycles. The van der Waals surface area contributed by atoms with Crippen molar-refractivity contribution in [1.82, 2.24) is 0 Å². The van der Waals surface area contributed by atoms with Gasteiger partial charge in [0.15, 0.2) is 6.10 Å². The van der Waals surface area contributed by atoms with Crippen LogP contribution in [0.1, 0.15) is 226 Å². The van der Waals surface area contributed by atoms with Crippen molar-refractivity contribution >= 4 is 17.9 Å². The smallest absolute Gasteiger partial charge is 0.306 e. The van der Waals surface area contributed by atoms with E-state index in [4.69, 9.17) is 14.2 Å². The fourth-order valence-electron chi connectivity index (χ4n) is 6.58. The molecule has 0 bridgehead atoms. The van der Waals surface area contributed by atoms with Crippen LogP contribution in [0.15, 0.2) is 85.1 Å². The van der Waals surface area contributed by atoms with Crippen LogP contribution in [0.25, 0.3) is 0 Å². The summed E-state index contributed by atoms with van der Waals surface area (Å²) in [5.74, 6) is -0.951. The zero-order valence-corrected chi connectivity index (χ0v) is 39.7. The molecule has 6 heteroatoms. The highest BCUT2D eigenvalue weighted by molar-refractivity contribution is 5.71. The molecular weight excluding hydrogens is 757 g/mol. The minimum Gasteiger partial charge on any atom is -0.462 e. The molecule has 0 aliphatic rings. The lowest BCUT2D eigenvalue weighted by Crippen LogP contribution is -2.30. The van der Waals surface area contributed by atoms with Crippen LogP contribution in [0.2, 0.25) is 0 Å². The molecular formula is C55H92O6. The maximum absolute atomic E-state index is 12.8. The first-order valence-corrected chi connectivity index (χ1v) is 25.1. The van der Waals surface area contributed by atoms with E-state index in [1.165, 1.54) is 57.8 Å². The second-order valence-corrected chi connectivity index (χ2v) is 16.3. The molecule has 0 aliphatic carbocycles. The van der Waals surface area contributed by atoms with Gasteiger partial charge in [-0.15, -0.1) is 0 Å². The molecule has 0 aromatic rings. The van der Waals surface area contributed by atoms with Crippen LogP contribution in [0.5, 0.6) is 0 Å². The van der Waals surface area contributed by atoms with Crippen LogP contribution in [-0.4, -0.2) is 37.2 Å². The van der Waals surface area contributed by atoms with Crippen molar-refractivity contribution < 1.29 is 28.6 Å². The molecule has 0 fully saturated rings. The Morgan fingerprint density at radius 1 is 0.344 bits per heavy atom. The Morgan fingerprint density at radius 3 is 1.10 bits per heavy atom. The Kier molecular flexibility index (Phi) is 46.5. The highest BCUT2D eigenvalue weighted by Crippen LogP contribution is 2.13. The van der Waals surface area contributed by atoms with Gasteiger partial charge in [-0.25, -0.2) is 0 Å². The number of hydrogen-bond acceptors (Lipinski definition) is 6. The fraction of sp³-hybridized carbons (Fsp3) is 0.691. The maximum Gasteiger partial charge on any atom is 0.306 e. The molecule has 0 saturated heterocycles. The summed E-state index contributed by atoms with van der Waals surface area (Å²) in [6, 6.07) is 0. The molecule has 1 unspecified atom stereocenters. The number of ether oxygens (including phenoxy) is 3. The summed E-state index contributed by atoms with van der Waals surface area (Å²) in [7, 11) is 0. The van der Waals surface area contributed by atoms with Crippen LogP contribution in [-0.2, 0) is 28.6 Å². The average Bonchev–Trinajstić information content (AvgIpc) is 3.26. The lowest BCUT2D eigenvalue weighted by Gasteiger charge is -2.18. The van der Waals surface area contributed by atoms with Crippen molar-refractivity contribution in [2.75, 3.05) is 13.2 Å². The number of unbranched alkanes of at least 4 members (excludes halogenated alkanes) is 19. The van der Waals surface area contributed by atoms with Gasteiger partial charge in [-0.05, 0) is 109 Å². The van der Waals surface area contributed by atoms with Crippen LogP contribution < -0.4 is 0 Å². The van der Waals surface area contributed by atoms with Gasteiger partial charge in [0.2, 0.25) is 0 Å². The molecule has 0 spiro atoms. The van der Waals surface area contributed by atoms with E-state index in [1.54, 1.807) is 0 Å². The zero-order valence-electron chi connectivity index (χ0n) is 39.7. The monoisotopic (exact) mass is 849 g/mol. The van der Waals surface area contributed by atoms with Gasteiger partial charge in [0, 0.05) is 19.3 Å². The van der Waals surface area contributed by atoms with Gasteiger partial charge in [0.05, 0.1) is 0 Å². The molecule has 1 atom stereocenters. The molecule has 0 amide bonds. The van der Waals surface area contributed by atoms with Crippen molar-refractivity contribution in [3.63, 3.8) is 0 Å². The zero-order chi connectivity index (χ0) is 44.4. The minimum atomic E-state index is -0.796. The number of carbonyl (C=O) groups excluding carboxylic acids is 3. The highest BCUT2D eigenvalue weighted by Gasteiger charge is 2.19. The van der Waals surface area contributed by atoms with Gasteiger partial charge in [-0.3, -0.25) is 14.4 Å². The van der Waals surface area contributed by atoms with Crippen molar-refractivity contribution in [1.29, 1.82) is 0 Å². The molecule has 61 heavy (non-hydrogen) atoms. The summed E-state index contributed by atoms with van der Waals surface area (Å²) in [5.41, 5.74) is 0. The number of carbonyl (C=O) groups is 3. The van der Waals surface area contributed by atoms with Crippen LogP contribution in [0, 0.1) is 0 Å². The maximum atomic E-state index is 12.8. The van der Waals surface area contributed by atoms with Crippen molar-refractivity contribution in [2.24, 2.45) is 0 Å². The van der Waals surface area contributed by atoms with E-state index in [0.29, 0.717) is 19.3 Å². The molecule has 0 N–H and O–H groups in total. The first-order valence-electron chi connectivity index (χ1n) is 25.1. The largest absolute Gasteiger partial charge is 0.462 e. The molecule has 0 heterocycles. The average molecular weight is 849 g/mol. The van der Waals surface area contributed by atoms with Crippen LogP contribution >= 0.6 is 0 Å². The highest BCUT2D eigenvalue weighted by atomic mass is 16.6. The predicted molar refractivity (Wildman–Crippen MR) is 261 cm³/mol. The van der Waals surface area contributed by atoms with Crippen molar-refractivity contribution in [3.05, 3.63) is 85.1 Å². The van der Waals surface area contributed by atoms with Crippen LogP contribution in [0.3, 0.4) is 0 Å². The summed E-state index contributed by atoms with van der Waals surface area (Å²) in [4.78, 5) is 37.9. The topological polar surface area (TPSA) is 78.9 Å². The standard InChI is InChI=1S/C55H92O6/c1-4-7-10-13-16-19-22-24-26-27-28-29-30-32-33-36-39-42-45-48-54(57)60-51-52(50-59-53(56)47-44-41-38-35-21-18-15-12-9-6-3)61-55(58)49-46-43-40-37-34-31-25-23-20-17-14-11-8-5-2/h7,10,12,15-16,19,23-26,28-29,32-33,52H,4-6,8-9,11,13-14,17-18,20-22,27,30-31,34-51H2,1-3H3/b10-7-,15-12-,19-16-,25-23-,26-24-,29-28-,33-32-. The van der Waals surface area contributed by atoms with E-state index in [9.17, 15) is 14.4 Å². The van der Waals surface area contributed by atoms with Crippen molar-refractivity contribution in [3.8, 4) is 0 Å². The summed E-state index contributed by atoms with van der Waals surface area (Å²) < 4.78 is 16.7. The number of esters is 3. The Morgan fingerprint density at radius 2 is 0.672 bits per heavy atom. The Hall–Kier alpha value is -3.41. The minimum absolute atomic E-state index is 0.0958. The van der Waals surface area contributed by atoms with Gasteiger partial charge in [-0.2, -0.15) is 0 Å². The third-order valence-corrected chi connectivity index (χ3v) is 10.3. The summed E-state index contributed by atoms with van der Waals surface area (Å²) in [6.45, 7) is 6.40. The molecule has 0 radical (unpaired) electrons. The van der Waals surface area contributed by atoms with Crippen molar-refractivity contribution in [2.45, 2.75) is 232 Å². The van der Waals surface area contributed by atoms with Crippen LogP contribution in [0.4, 0.5) is 0 Å². The van der Waals surface area contributed by atoms with Gasteiger partial charge in [-0.1, -0.05) is 183 Å². The number of rotatable bonds is 44. The van der Waals surface area contributed by atoms with E-state index in [0.717, 1.165) is 128 Å². The second-order valence-electron chi connectivity index (χ2n) is 16.3. The predicted octanol–water partition coefficient (Wildman–Crippen LogP) is 16.4. The first-order chi connectivity index (χ1) is 30.0. The lowest BCUT2D eigenvalue weighted by molar-refractivity contribution is -0.167. The summed E-state index contributed by atoms with van der Waals surface area (Å²) in [6.07, 6.45) is 62.8. The van der Waals surface area contributed by atoms with E-state index in [2.05, 4.69) is 106 Å². The summed E-state index contributed by atoms with van der Waals surface area (Å²) >= 11 is 0. The molecule has 0 aliphatic heterocycles. The van der Waals surface area contributed by atoms with Gasteiger partial charge in [0.25, 0.3) is 0 Å². The Balaban J connectivity index is 4.43. The molecule has 0 aromatic heterocycles. The first kappa shape index (κ1) is 57.6. The lowest BCUT2D eigenvalue weighted by atomic mass is 10.1. The fourth-order valence-corrected chi connectivity index (χ4v) is 6.58. The molecule has 348 valence electrons. The van der Waals surface area contributed by atoms with E-state index >= 15 is 0 Å². The van der Waals surface area contributed by atoms with Gasteiger partial charge >= 0.3 is 17.9 Å². The van der Waals surface area contributed by atoms with E-state index in [-0.39, 0.29) is 31.1 Å². The third-order valence-electron chi connectivity index (χ3n) is 10.3. The summed E-state index contributed by atoms with van der Waals surface area (Å²) in [5, 5.41) is 0. The SMILES string of the molecule is CC/C=C\C/C=C\C/C=C\C/C=C\C/C=C\CCCCCC(=O)OCC(COC(=O)CCCCCCC/C=C\CCC)OC(=O)CCCCCCC/C=C\CCCCCCC. The molecule has 6 nitrogen and oxygen atoms in total. The second kappa shape index (κ2) is 49.2. The van der Waals surface area contributed by atoms with Gasteiger partial charge < -0.3 is 14.2 Å². The van der Waals surface area contributed by atoms with E-state index < -0.39 is 6.10 Å². The quantitative estimate of drug-likeness (QED) is 0.0263. The van der Waals surface area contributed by atoms with E-state index in [1.807, 2.05) is 0 Å². The third kappa shape index (κ3) is 47.5. The Labute approximate surface area is 375 Å². The van der Waals surface area contributed by atoms with Gasteiger partial charge in [0.1, 0.15) is 13.2 Å². The Bertz CT molecular complexity index is 1200.